The number of hydrogen-bond donors (Lipinski definition) is 1. The molecule has 0 aliphatic heterocycles. The van der Waals surface area contributed by atoms with Crippen molar-refractivity contribution in [2.75, 3.05) is 11.9 Å². The predicted octanol–water partition coefficient (Wildman–Crippen LogP) is 4.79. The molecule has 2 aromatic rings. The van der Waals surface area contributed by atoms with Crippen molar-refractivity contribution in [3.8, 4) is 0 Å². The second kappa shape index (κ2) is 8.94. The normalized spacial score (nSPS) is 16.7. The van der Waals surface area contributed by atoms with E-state index in [1.807, 2.05) is 6.07 Å². The molecule has 0 radical (unpaired) electrons. The lowest BCUT2D eigenvalue weighted by atomic mass is 9.97. The van der Waals surface area contributed by atoms with E-state index >= 15 is 0 Å². The summed E-state index contributed by atoms with van der Waals surface area (Å²) < 4.78 is 4.92. The number of carbonyl (C=O) groups excluding carboxylic acids is 1. The Bertz CT molecular complexity index is 733. The van der Waals surface area contributed by atoms with Crippen LogP contribution >= 0.6 is 11.3 Å². The summed E-state index contributed by atoms with van der Waals surface area (Å²) >= 11 is 1.56. The summed E-state index contributed by atoms with van der Waals surface area (Å²) in [6.07, 6.45) is 13.8. The topological polar surface area (TPSA) is 64.1 Å². The first-order valence-electron chi connectivity index (χ1n) is 9.12. The largest absolute Gasteiger partial charge is 0.463 e. The maximum Gasteiger partial charge on any atom is 0.330 e. The molecule has 5 nitrogen and oxygen atoms in total. The number of hydrogen-bond acceptors (Lipinski definition) is 6. The van der Waals surface area contributed by atoms with Gasteiger partial charge in [0.1, 0.15) is 17.0 Å². The molecule has 0 atom stereocenters. The summed E-state index contributed by atoms with van der Waals surface area (Å²) in [6, 6.07) is 2.53. The lowest BCUT2D eigenvalue weighted by Crippen LogP contribution is -2.21. The van der Waals surface area contributed by atoms with E-state index in [1.54, 1.807) is 30.7 Å². The quantitative estimate of drug-likeness (QED) is 0.614. The Morgan fingerprint density at radius 3 is 2.80 bits per heavy atom. The van der Waals surface area contributed by atoms with Gasteiger partial charge in [0.15, 0.2) is 0 Å². The molecule has 2 aromatic heterocycles. The molecule has 1 aliphatic carbocycles. The van der Waals surface area contributed by atoms with Crippen molar-refractivity contribution >= 4 is 39.4 Å². The first kappa shape index (κ1) is 17.9. The van der Waals surface area contributed by atoms with Gasteiger partial charge >= 0.3 is 5.97 Å². The van der Waals surface area contributed by atoms with Crippen LogP contribution in [0.5, 0.6) is 0 Å². The molecule has 1 N–H and O–H groups in total. The summed E-state index contributed by atoms with van der Waals surface area (Å²) in [6.45, 7) is 2.19. The van der Waals surface area contributed by atoms with E-state index in [4.69, 9.17) is 4.74 Å². The molecule has 1 saturated carbocycles. The number of nitrogens with zero attached hydrogens (tertiary/aromatic N) is 2. The van der Waals surface area contributed by atoms with Crippen molar-refractivity contribution in [1.82, 2.24) is 9.97 Å². The van der Waals surface area contributed by atoms with Crippen molar-refractivity contribution in [3.05, 3.63) is 23.3 Å². The fourth-order valence-electron chi connectivity index (χ4n) is 3.21. The maximum absolute atomic E-state index is 11.5. The highest BCUT2D eigenvalue weighted by molar-refractivity contribution is 7.19. The van der Waals surface area contributed by atoms with E-state index in [2.05, 4.69) is 15.3 Å². The van der Waals surface area contributed by atoms with Gasteiger partial charge in [-0.1, -0.05) is 32.1 Å². The standard InChI is InChI=1S/C19H25N3O2S/c1-2-24-17(23)11-10-15-12-16-18(20-13-21-19(16)25-15)22-14-8-6-4-3-5-7-9-14/h10-14H,2-9H2,1H3,(H,20,21,22). The highest BCUT2D eigenvalue weighted by Gasteiger charge is 2.14. The second-order valence-corrected chi connectivity index (χ2v) is 7.42. The third-order valence-corrected chi connectivity index (χ3v) is 5.47. The Labute approximate surface area is 152 Å². The number of nitrogens with one attached hydrogen (secondary N) is 1. The van der Waals surface area contributed by atoms with Crippen molar-refractivity contribution in [3.63, 3.8) is 0 Å². The molecule has 0 spiro atoms. The monoisotopic (exact) mass is 359 g/mol. The van der Waals surface area contributed by atoms with E-state index in [-0.39, 0.29) is 5.97 Å². The molecule has 134 valence electrons. The highest BCUT2D eigenvalue weighted by atomic mass is 32.1. The van der Waals surface area contributed by atoms with Gasteiger partial charge in [-0.15, -0.1) is 11.3 Å². The van der Waals surface area contributed by atoms with E-state index < -0.39 is 0 Å². The van der Waals surface area contributed by atoms with Gasteiger partial charge in [-0.25, -0.2) is 14.8 Å². The van der Waals surface area contributed by atoms with Crippen LogP contribution in [0.3, 0.4) is 0 Å². The lowest BCUT2D eigenvalue weighted by Gasteiger charge is -2.21. The van der Waals surface area contributed by atoms with Gasteiger partial charge in [0, 0.05) is 17.0 Å². The van der Waals surface area contributed by atoms with Gasteiger partial charge in [-0.05, 0) is 31.9 Å². The van der Waals surface area contributed by atoms with Gasteiger partial charge in [-0.2, -0.15) is 0 Å². The molecule has 0 saturated heterocycles. The molecule has 2 heterocycles. The van der Waals surface area contributed by atoms with Crippen LogP contribution in [-0.2, 0) is 9.53 Å². The van der Waals surface area contributed by atoms with Crippen molar-refractivity contribution in [1.29, 1.82) is 0 Å². The molecule has 1 fully saturated rings. The van der Waals surface area contributed by atoms with E-state index in [1.165, 1.54) is 51.0 Å². The summed E-state index contributed by atoms with van der Waals surface area (Å²) in [7, 11) is 0. The van der Waals surface area contributed by atoms with Crippen LogP contribution in [0.25, 0.3) is 16.3 Å². The second-order valence-electron chi connectivity index (χ2n) is 6.36. The number of anilines is 1. The van der Waals surface area contributed by atoms with Crippen LogP contribution in [0.1, 0.15) is 56.7 Å². The average Bonchev–Trinajstić information content (AvgIpc) is 2.99. The fraction of sp³-hybridized carbons (Fsp3) is 0.526. The van der Waals surface area contributed by atoms with Crippen LogP contribution in [-0.4, -0.2) is 28.6 Å². The van der Waals surface area contributed by atoms with E-state index in [0.717, 1.165) is 20.9 Å². The highest BCUT2D eigenvalue weighted by Crippen LogP contribution is 2.30. The average molecular weight is 359 g/mol. The molecule has 0 bridgehead atoms. The van der Waals surface area contributed by atoms with Gasteiger partial charge in [0.2, 0.25) is 0 Å². The van der Waals surface area contributed by atoms with Crippen molar-refractivity contribution in [2.24, 2.45) is 0 Å². The van der Waals surface area contributed by atoms with Crippen molar-refractivity contribution < 1.29 is 9.53 Å². The smallest absolute Gasteiger partial charge is 0.330 e. The number of esters is 1. The lowest BCUT2D eigenvalue weighted by molar-refractivity contribution is -0.137. The van der Waals surface area contributed by atoms with Gasteiger partial charge < -0.3 is 10.1 Å². The first-order chi connectivity index (χ1) is 12.3. The Kier molecular flexibility index (Phi) is 6.39. The van der Waals surface area contributed by atoms with Gasteiger partial charge in [-0.3, -0.25) is 0 Å². The molecule has 1 aliphatic rings. The van der Waals surface area contributed by atoms with Crippen LogP contribution in [0.2, 0.25) is 0 Å². The zero-order valence-corrected chi connectivity index (χ0v) is 15.5. The zero-order chi connectivity index (χ0) is 17.5. The third kappa shape index (κ3) is 5.01. The third-order valence-electron chi connectivity index (χ3n) is 4.46. The Balaban J connectivity index is 1.75. The minimum atomic E-state index is -0.320. The van der Waals surface area contributed by atoms with Crippen LogP contribution < -0.4 is 5.32 Å². The molecular weight excluding hydrogens is 334 g/mol. The summed E-state index contributed by atoms with van der Waals surface area (Å²) in [5.41, 5.74) is 0. The minimum Gasteiger partial charge on any atom is -0.463 e. The van der Waals surface area contributed by atoms with Crippen LogP contribution in [0, 0.1) is 0 Å². The Morgan fingerprint density at radius 1 is 1.28 bits per heavy atom. The summed E-state index contributed by atoms with van der Waals surface area (Å²) in [4.78, 5) is 22.2. The molecule has 0 aromatic carbocycles. The zero-order valence-electron chi connectivity index (χ0n) is 14.7. The van der Waals surface area contributed by atoms with Crippen LogP contribution in [0.4, 0.5) is 5.82 Å². The fourth-order valence-corrected chi connectivity index (χ4v) is 4.11. The SMILES string of the molecule is CCOC(=O)C=Cc1cc2c(NC3CCCCCCC3)ncnc2s1. The molecule has 0 unspecified atom stereocenters. The number of aromatic nitrogens is 2. The number of thiophene rings is 1. The Hall–Kier alpha value is -1.95. The van der Waals surface area contributed by atoms with E-state index in [9.17, 15) is 4.79 Å². The number of ether oxygens (including phenoxy) is 1. The van der Waals surface area contributed by atoms with Gasteiger partial charge in [0.25, 0.3) is 0 Å². The molecular formula is C19H25N3O2S. The number of carbonyl (C=O) groups is 1. The summed E-state index contributed by atoms with van der Waals surface area (Å²) in [5, 5.41) is 4.66. The maximum atomic E-state index is 11.5. The number of rotatable bonds is 5. The molecule has 3 rings (SSSR count). The molecule has 25 heavy (non-hydrogen) atoms. The summed E-state index contributed by atoms with van der Waals surface area (Å²) in [5.74, 6) is 0.585. The minimum absolute atomic E-state index is 0.320. The van der Waals surface area contributed by atoms with Crippen LogP contribution in [0.15, 0.2) is 18.5 Å². The molecule has 0 amide bonds. The predicted molar refractivity (Wildman–Crippen MR) is 103 cm³/mol. The van der Waals surface area contributed by atoms with Crippen molar-refractivity contribution in [2.45, 2.75) is 57.9 Å². The molecule has 6 heteroatoms. The number of fused-ring (bicyclic) bond motifs is 1. The first-order valence-corrected chi connectivity index (χ1v) is 9.94. The van der Waals surface area contributed by atoms with Gasteiger partial charge in [0.05, 0.1) is 12.0 Å². The van der Waals surface area contributed by atoms with E-state index in [0.29, 0.717) is 12.6 Å². The Morgan fingerprint density at radius 2 is 2.04 bits per heavy atom.